The summed E-state index contributed by atoms with van der Waals surface area (Å²) in [6.07, 6.45) is 6.09. The van der Waals surface area contributed by atoms with Gasteiger partial charge in [0, 0.05) is 25.2 Å². The van der Waals surface area contributed by atoms with E-state index in [4.69, 9.17) is 5.73 Å². The number of nitrogens with two attached hydrogens (primary N) is 1. The maximum atomic E-state index is 10.7. The summed E-state index contributed by atoms with van der Waals surface area (Å²) in [6, 6.07) is 9.40. The van der Waals surface area contributed by atoms with Crippen molar-refractivity contribution in [3.8, 4) is 0 Å². The fraction of sp³-hybridized carbons (Fsp3) is 0.667. The molecule has 2 aliphatic rings. The number of hydrogen-bond acceptors (Lipinski definition) is 3. The second-order valence-electron chi connectivity index (χ2n) is 6.82. The molecule has 1 aliphatic carbocycles. The number of aliphatic hydroxyl groups is 1. The van der Waals surface area contributed by atoms with Crippen LogP contribution in [0.25, 0.3) is 0 Å². The van der Waals surface area contributed by atoms with Crippen molar-refractivity contribution in [3.63, 3.8) is 0 Å². The Hall–Kier alpha value is -0.900. The highest BCUT2D eigenvalue weighted by molar-refractivity contribution is 5.30. The lowest BCUT2D eigenvalue weighted by atomic mass is 9.81. The van der Waals surface area contributed by atoms with Gasteiger partial charge in [0.2, 0.25) is 0 Å². The van der Waals surface area contributed by atoms with Crippen LogP contribution < -0.4 is 5.73 Å². The smallest absolute Gasteiger partial charge is 0.0822 e. The fourth-order valence-electron chi connectivity index (χ4n) is 4.02. The maximum Gasteiger partial charge on any atom is 0.0822 e. The predicted molar refractivity (Wildman–Crippen MR) is 86.3 cm³/mol. The van der Waals surface area contributed by atoms with Crippen LogP contribution in [0.15, 0.2) is 24.3 Å². The number of nitrogens with zero attached hydrogens (tertiary/aromatic N) is 1. The molecule has 3 N–H and O–H groups in total. The predicted octanol–water partition coefficient (Wildman–Crippen LogP) is 2.11. The summed E-state index contributed by atoms with van der Waals surface area (Å²) in [4.78, 5) is 2.58. The third kappa shape index (κ3) is 3.01. The van der Waals surface area contributed by atoms with Crippen LogP contribution in [0.3, 0.4) is 0 Å². The van der Waals surface area contributed by atoms with Crippen LogP contribution in [0.5, 0.6) is 0 Å². The van der Waals surface area contributed by atoms with Gasteiger partial charge in [0.15, 0.2) is 0 Å². The van der Waals surface area contributed by atoms with Crippen molar-refractivity contribution in [2.75, 3.05) is 13.1 Å². The second-order valence-corrected chi connectivity index (χ2v) is 6.82. The lowest BCUT2D eigenvalue weighted by Crippen LogP contribution is -2.56. The monoisotopic (exact) mass is 288 g/mol. The van der Waals surface area contributed by atoms with E-state index in [2.05, 4.69) is 36.1 Å². The molecule has 3 nitrogen and oxygen atoms in total. The lowest BCUT2D eigenvalue weighted by Gasteiger charge is -2.45. The highest BCUT2D eigenvalue weighted by atomic mass is 16.3. The number of likely N-dealkylation sites (tertiary alicyclic amines) is 1. The molecule has 0 aromatic heterocycles. The molecule has 0 saturated carbocycles. The Morgan fingerprint density at radius 1 is 1.29 bits per heavy atom. The highest BCUT2D eigenvalue weighted by Gasteiger charge is 2.38. The molecular formula is C18H28N2O. The summed E-state index contributed by atoms with van der Waals surface area (Å²) in [6.45, 7) is 4.03. The number of hydrogen-bond donors (Lipinski definition) is 2. The number of fused-ring (bicyclic) bond motifs is 1. The van der Waals surface area contributed by atoms with Gasteiger partial charge in [0.1, 0.15) is 0 Å². The quantitative estimate of drug-likeness (QED) is 0.895. The Morgan fingerprint density at radius 2 is 1.95 bits per heavy atom. The molecule has 2 unspecified atom stereocenters. The average Bonchev–Trinajstić information content (AvgIpc) is 2.54. The van der Waals surface area contributed by atoms with Gasteiger partial charge >= 0.3 is 0 Å². The van der Waals surface area contributed by atoms with Crippen LogP contribution in [0, 0.1) is 0 Å². The maximum absolute atomic E-state index is 10.7. The molecule has 3 rings (SSSR count). The van der Waals surface area contributed by atoms with Crippen LogP contribution >= 0.6 is 0 Å². The first kappa shape index (κ1) is 15.0. The van der Waals surface area contributed by atoms with Crippen LogP contribution in [-0.4, -0.2) is 40.8 Å². The van der Waals surface area contributed by atoms with Crippen molar-refractivity contribution in [1.82, 2.24) is 4.90 Å². The molecule has 0 amide bonds. The van der Waals surface area contributed by atoms with E-state index in [1.165, 1.54) is 24.0 Å². The molecule has 1 fully saturated rings. The van der Waals surface area contributed by atoms with Crippen LogP contribution in [0.2, 0.25) is 0 Å². The van der Waals surface area contributed by atoms with Gasteiger partial charge in [-0.15, -0.1) is 0 Å². The molecule has 0 radical (unpaired) electrons. The van der Waals surface area contributed by atoms with Crippen molar-refractivity contribution in [2.45, 2.75) is 63.1 Å². The molecule has 3 heteroatoms. The van der Waals surface area contributed by atoms with E-state index in [9.17, 15) is 5.11 Å². The molecule has 116 valence electrons. The van der Waals surface area contributed by atoms with Crippen LogP contribution in [0.1, 0.15) is 43.7 Å². The normalized spacial score (nSPS) is 27.1. The molecule has 1 saturated heterocycles. The summed E-state index contributed by atoms with van der Waals surface area (Å²) >= 11 is 0. The van der Waals surface area contributed by atoms with Gasteiger partial charge in [0.25, 0.3) is 0 Å². The topological polar surface area (TPSA) is 49.5 Å². The molecule has 1 heterocycles. The SMILES string of the molecule is CCC(N)C1(O)CCN(C2CCc3ccccc3C2)CC1. The Kier molecular flexibility index (Phi) is 4.34. The zero-order valence-electron chi connectivity index (χ0n) is 13.1. The summed E-state index contributed by atoms with van der Waals surface area (Å²) in [5.74, 6) is 0. The Bertz CT molecular complexity index is 480. The highest BCUT2D eigenvalue weighted by Crippen LogP contribution is 2.31. The summed E-state index contributed by atoms with van der Waals surface area (Å²) in [5.41, 5.74) is 8.50. The van der Waals surface area contributed by atoms with Gasteiger partial charge in [-0.1, -0.05) is 31.2 Å². The molecule has 0 bridgehead atoms. The van der Waals surface area contributed by atoms with E-state index in [1.807, 2.05) is 0 Å². The van der Waals surface area contributed by atoms with Crippen molar-refractivity contribution in [1.29, 1.82) is 0 Å². The first-order valence-electron chi connectivity index (χ1n) is 8.41. The van der Waals surface area contributed by atoms with Gasteiger partial charge in [-0.2, -0.15) is 0 Å². The molecule has 1 aromatic carbocycles. The van der Waals surface area contributed by atoms with E-state index < -0.39 is 5.60 Å². The van der Waals surface area contributed by atoms with E-state index in [0.717, 1.165) is 38.8 Å². The minimum atomic E-state index is -0.641. The van der Waals surface area contributed by atoms with E-state index >= 15 is 0 Å². The van der Waals surface area contributed by atoms with Gasteiger partial charge < -0.3 is 10.8 Å². The molecule has 1 aromatic rings. The van der Waals surface area contributed by atoms with Gasteiger partial charge in [0.05, 0.1) is 5.60 Å². The average molecular weight is 288 g/mol. The molecular weight excluding hydrogens is 260 g/mol. The van der Waals surface area contributed by atoms with E-state index in [-0.39, 0.29) is 6.04 Å². The minimum absolute atomic E-state index is 0.0771. The van der Waals surface area contributed by atoms with E-state index in [0.29, 0.717) is 6.04 Å². The van der Waals surface area contributed by atoms with Crippen molar-refractivity contribution in [2.24, 2.45) is 5.73 Å². The van der Waals surface area contributed by atoms with Crippen molar-refractivity contribution >= 4 is 0 Å². The van der Waals surface area contributed by atoms with E-state index in [1.54, 1.807) is 0 Å². The minimum Gasteiger partial charge on any atom is -0.388 e. The van der Waals surface area contributed by atoms with Crippen LogP contribution in [-0.2, 0) is 12.8 Å². The van der Waals surface area contributed by atoms with Crippen molar-refractivity contribution < 1.29 is 5.11 Å². The Morgan fingerprint density at radius 3 is 2.62 bits per heavy atom. The largest absolute Gasteiger partial charge is 0.388 e. The Balaban J connectivity index is 1.61. The van der Waals surface area contributed by atoms with Gasteiger partial charge in [-0.3, -0.25) is 4.90 Å². The number of piperidine rings is 1. The lowest BCUT2D eigenvalue weighted by molar-refractivity contribution is -0.0508. The first-order valence-corrected chi connectivity index (χ1v) is 8.41. The summed E-state index contributed by atoms with van der Waals surface area (Å²) in [7, 11) is 0. The molecule has 21 heavy (non-hydrogen) atoms. The molecule has 0 spiro atoms. The summed E-state index contributed by atoms with van der Waals surface area (Å²) in [5, 5.41) is 10.7. The number of aryl methyl sites for hydroxylation is 1. The standard InChI is InChI=1S/C18H28N2O/c1-2-17(19)18(21)9-11-20(12-10-18)16-8-7-14-5-3-4-6-15(14)13-16/h3-6,16-17,21H,2,7-13,19H2,1H3. The van der Waals surface area contributed by atoms with Crippen molar-refractivity contribution in [3.05, 3.63) is 35.4 Å². The molecule has 2 atom stereocenters. The number of rotatable bonds is 3. The fourth-order valence-corrected chi connectivity index (χ4v) is 4.02. The summed E-state index contributed by atoms with van der Waals surface area (Å²) < 4.78 is 0. The van der Waals surface area contributed by atoms with Crippen LogP contribution in [0.4, 0.5) is 0 Å². The van der Waals surface area contributed by atoms with Gasteiger partial charge in [-0.25, -0.2) is 0 Å². The Labute approximate surface area is 128 Å². The molecule has 1 aliphatic heterocycles. The zero-order valence-corrected chi connectivity index (χ0v) is 13.1. The third-order valence-electron chi connectivity index (χ3n) is 5.63. The zero-order chi connectivity index (χ0) is 14.9. The first-order chi connectivity index (χ1) is 10.1. The number of benzene rings is 1. The third-order valence-corrected chi connectivity index (χ3v) is 5.63. The van der Waals surface area contributed by atoms with Gasteiger partial charge in [-0.05, 0) is 49.7 Å². The second kappa shape index (κ2) is 6.07.